The number of rotatable bonds is 4. The topological polar surface area (TPSA) is 43.2 Å². The zero-order valence-electron chi connectivity index (χ0n) is 13.8. The largest absolute Gasteiger partial charge is 0.497 e. The third kappa shape index (κ3) is 2.95. The van der Waals surface area contributed by atoms with Crippen LogP contribution in [0, 0.1) is 6.92 Å². The molecule has 6 heteroatoms. The monoisotopic (exact) mass is 340 g/mol. The molecule has 1 aliphatic rings. The van der Waals surface area contributed by atoms with E-state index in [-0.39, 0.29) is 0 Å². The van der Waals surface area contributed by atoms with Gasteiger partial charge >= 0.3 is 0 Å². The molecule has 2 aromatic heterocycles. The Balaban J connectivity index is 1.64. The normalized spacial score (nSPS) is 17.7. The van der Waals surface area contributed by atoms with Crippen molar-refractivity contribution in [1.82, 2.24) is 19.4 Å². The second-order valence-electron chi connectivity index (χ2n) is 6.05. The summed E-state index contributed by atoms with van der Waals surface area (Å²) in [6.45, 7) is 4.64. The average molecular weight is 340 g/mol. The molecule has 0 N–H and O–H groups in total. The molecule has 4 rings (SSSR count). The predicted octanol–water partition coefficient (Wildman–Crippen LogP) is 3.41. The maximum atomic E-state index is 5.29. The molecular formula is C18H20N4OS. The highest BCUT2D eigenvalue weighted by Gasteiger charge is 2.28. The van der Waals surface area contributed by atoms with Crippen molar-refractivity contribution in [3.8, 4) is 5.75 Å². The van der Waals surface area contributed by atoms with E-state index in [4.69, 9.17) is 4.74 Å². The number of ether oxygens (including phenoxy) is 1. The fourth-order valence-corrected chi connectivity index (χ4v) is 3.85. The van der Waals surface area contributed by atoms with Crippen LogP contribution in [0.25, 0.3) is 0 Å². The average Bonchev–Trinajstić information content (AvgIpc) is 3.22. The van der Waals surface area contributed by atoms with E-state index < -0.39 is 0 Å². The van der Waals surface area contributed by atoms with Crippen LogP contribution in [0.1, 0.15) is 28.1 Å². The molecule has 24 heavy (non-hydrogen) atoms. The van der Waals surface area contributed by atoms with Crippen molar-refractivity contribution in [3.63, 3.8) is 0 Å². The van der Waals surface area contributed by atoms with Crippen molar-refractivity contribution in [2.75, 3.05) is 7.11 Å². The van der Waals surface area contributed by atoms with Gasteiger partial charge in [0.25, 0.3) is 0 Å². The van der Waals surface area contributed by atoms with Crippen molar-refractivity contribution >= 4 is 11.3 Å². The van der Waals surface area contributed by atoms with E-state index >= 15 is 0 Å². The van der Waals surface area contributed by atoms with Crippen LogP contribution in [-0.2, 0) is 19.6 Å². The van der Waals surface area contributed by atoms with E-state index in [1.165, 1.54) is 5.56 Å². The second-order valence-corrected chi connectivity index (χ2v) is 7.11. The van der Waals surface area contributed by atoms with Crippen LogP contribution >= 0.6 is 11.3 Å². The third-order valence-corrected chi connectivity index (χ3v) is 5.31. The van der Waals surface area contributed by atoms with Crippen LogP contribution in [-0.4, -0.2) is 26.5 Å². The Morgan fingerprint density at radius 2 is 2.12 bits per heavy atom. The minimum Gasteiger partial charge on any atom is -0.497 e. The van der Waals surface area contributed by atoms with Crippen molar-refractivity contribution in [3.05, 3.63) is 64.1 Å². The molecular weight excluding hydrogens is 320 g/mol. The molecule has 3 aromatic rings. The zero-order valence-corrected chi connectivity index (χ0v) is 14.7. The Hall–Kier alpha value is -2.18. The lowest BCUT2D eigenvalue weighted by atomic mass is 10.0. The number of hydrogen-bond acceptors (Lipinski definition) is 5. The lowest BCUT2D eigenvalue weighted by Gasteiger charge is -2.36. The lowest BCUT2D eigenvalue weighted by Crippen LogP contribution is -2.36. The summed E-state index contributed by atoms with van der Waals surface area (Å²) < 4.78 is 7.54. The van der Waals surface area contributed by atoms with Gasteiger partial charge < -0.3 is 9.30 Å². The van der Waals surface area contributed by atoms with Crippen LogP contribution in [0.3, 0.4) is 0 Å². The van der Waals surface area contributed by atoms with Crippen LogP contribution in [0.5, 0.6) is 5.75 Å². The molecule has 0 fully saturated rings. The van der Waals surface area contributed by atoms with Crippen LogP contribution in [0.15, 0.2) is 42.0 Å². The number of imidazole rings is 1. The zero-order chi connectivity index (χ0) is 16.5. The highest BCUT2D eigenvalue weighted by Crippen LogP contribution is 2.31. The minimum atomic E-state index is 0.305. The minimum absolute atomic E-state index is 0.305. The van der Waals surface area contributed by atoms with E-state index in [1.807, 2.05) is 18.3 Å². The number of fused-ring (bicyclic) bond motifs is 1. The number of methoxy groups -OCH3 is 1. The fraction of sp³-hybridized carbons (Fsp3) is 0.333. The van der Waals surface area contributed by atoms with Gasteiger partial charge in [-0.1, -0.05) is 12.1 Å². The first-order valence-electron chi connectivity index (χ1n) is 8.02. The molecule has 0 spiro atoms. The first-order valence-corrected chi connectivity index (χ1v) is 8.90. The Bertz CT molecular complexity index is 824. The molecule has 0 saturated carbocycles. The molecule has 1 atom stereocenters. The molecule has 3 heterocycles. The highest BCUT2D eigenvalue weighted by atomic mass is 32.1. The summed E-state index contributed by atoms with van der Waals surface area (Å²) in [6.07, 6.45) is 3.95. The van der Waals surface area contributed by atoms with Gasteiger partial charge in [0.1, 0.15) is 11.6 Å². The van der Waals surface area contributed by atoms with Gasteiger partial charge in [-0.3, -0.25) is 4.90 Å². The summed E-state index contributed by atoms with van der Waals surface area (Å²) in [6, 6.07) is 8.68. The van der Waals surface area contributed by atoms with Gasteiger partial charge in [-0.15, -0.1) is 11.3 Å². The van der Waals surface area contributed by atoms with E-state index in [9.17, 15) is 0 Å². The number of aromatic nitrogens is 3. The van der Waals surface area contributed by atoms with Gasteiger partial charge in [-0.25, -0.2) is 9.97 Å². The van der Waals surface area contributed by atoms with Gasteiger partial charge in [-0.05, 0) is 24.6 Å². The number of nitrogens with zero attached hydrogens (tertiary/aromatic N) is 4. The van der Waals surface area contributed by atoms with Gasteiger partial charge in [-0.2, -0.15) is 0 Å². The highest BCUT2D eigenvalue weighted by molar-refractivity contribution is 7.09. The number of aryl methyl sites for hydroxylation is 1. The van der Waals surface area contributed by atoms with Crippen LogP contribution in [0.4, 0.5) is 0 Å². The standard InChI is InChI=1S/C18H20N4OS/c1-13-20-15(12-24-13)9-22-11-18-19-7-8-21(18)10-17(22)14-3-5-16(23-2)6-4-14/h3-8,12,17H,9-11H2,1-2H3. The predicted molar refractivity (Wildman–Crippen MR) is 94.1 cm³/mol. The van der Waals surface area contributed by atoms with Gasteiger partial charge in [0.15, 0.2) is 0 Å². The van der Waals surface area contributed by atoms with Crippen molar-refractivity contribution in [2.24, 2.45) is 0 Å². The van der Waals surface area contributed by atoms with E-state index in [0.717, 1.165) is 41.9 Å². The maximum absolute atomic E-state index is 5.29. The summed E-state index contributed by atoms with van der Waals surface area (Å²) in [5, 5.41) is 3.27. The first-order chi connectivity index (χ1) is 11.7. The molecule has 0 saturated heterocycles. The molecule has 1 aromatic carbocycles. The quantitative estimate of drug-likeness (QED) is 0.730. The smallest absolute Gasteiger partial charge is 0.122 e. The van der Waals surface area contributed by atoms with Crippen LogP contribution < -0.4 is 4.74 Å². The van der Waals surface area contributed by atoms with Gasteiger partial charge in [0.2, 0.25) is 0 Å². The summed E-state index contributed by atoms with van der Waals surface area (Å²) in [7, 11) is 1.70. The summed E-state index contributed by atoms with van der Waals surface area (Å²) in [4.78, 5) is 11.6. The second kappa shape index (κ2) is 6.37. The van der Waals surface area contributed by atoms with Crippen LogP contribution in [0.2, 0.25) is 0 Å². The van der Waals surface area contributed by atoms with Gasteiger partial charge in [0.05, 0.1) is 30.4 Å². The summed E-state index contributed by atoms with van der Waals surface area (Å²) in [5.41, 5.74) is 2.43. The fourth-order valence-electron chi connectivity index (χ4n) is 3.25. The number of thiazole rings is 1. The molecule has 1 aliphatic heterocycles. The summed E-state index contributed by atoms with van der Waals surface area (Å²) >= 11 is 1.71. The SMILES string of the molecule is COc1ccc(C2Cn3ccnc3CN2Cc2csc(C)n2)cc1. The molecule has 124 valence electrons. The Labute approximate surface area is 145 Å². The maximum Gasteiger partial charge on any atom is 0.122 e. The van der Waals surface area contributed by atoms with Crippen molar-refractivity contribution in [1.29, 1.82) is 0 Å². The molecule has 0 bridgehead atoms. The molecule has 0 radical (unpaired) electrons. The third-order valence-electron chi connectivity index (χ3n) is 4.49. The van der Waals surface area contributed by atoms with E-state index in [1.54, 1.807) is 18.4 Å². The number of hydrogen-bond donors (Lipinski definition) is 0. The van der Waals surface area contributed by atoms with Crippen molar-refractivity contribution < 1.29 is 4.74 Å². The van der Waals surface area contributed by atoms with E-state index in [0.29, 0.717) is 6.04 Å². The summed E-state index contributed by atoms with van der Waals surface area (Å²) in [5.74, 6) is 2.01. The number of benzene rings is 1. The Kier molecular flexibility index (Phi) is 4.08. The molecule has 5 nitrogen and oxygen atoms in total. The molecule has 0 amide bonds. The van der Waals surface area contributed by atoms with Crippen molar-refractivity contribution in [2.45, 2.75) is 32.6 Å². The Morgan fingerprint density at radius 3 is 2.83 bits per heavy atom. The molecule has 0 aliphatic carbocycles. The first kappa shape index (κ1) is 15.4. The van der Waals surface area contributed by atoms with E-state index in [2.05, 4.69) is 50.1 Å². The lowest BCUT2D eigenvalue weighted by molar-refractivity contribution is 0.127. The molecule has 1 unspecified atom stereocenters. The Morgan fingerprint density at radius 1 is 1.29 bits per heavy atom. The van der Waals surface area contributed by atoms with Gasteiger partial charge in [0, 0.05) is 30.9 Å².